The zero-order valence-electron chi connectivity index (χ0n) is 9.15. The van der Waals surface area contributed by atoms with Crippen LogP contribution in [0.15, 0.2) is 29.1 Å². The molecule has 0 bridgehead atoms. The van der Waals surface area contributed by atoms with Gasteiger partial charge in [-0.05, 0) is 24.6 Å². The van der Waals surface area contributed by atoms with Crippen molar-refractivity contribution in [3.63, 3.8) is 0 Å². The summed E-state index contributed by atoms with van der Waals surface area (Å²) in [5.41, 5.74) is 1.06. The molecular formula is C11H11Cl2N3O. The Balaban J connectivity index is 1.99. The molecule has 0 aliphatic rings. The summed E-state index contributed by atoms with van der Waals surface area (Å²) < 4.78 is 4.65. The van der Waals surface area contributed by atoms with Gasteiger partial charge in [0.1, 0.15) is 0 Å². The summed E-state index contributed by atoms with van der Waals surface area (Å²) in [5, 5.41) is 8.09. The maximum Gasteiger partial charge on any atom is 0.213 e. The number of hydrogen-bond donors (Lipinski definition) is 1. The largest absolute Gasteiger partial charge is 0.343 e. The topological polar surface area (TPSA) is 51.0 Å². The van der Waals surface area contributed by atoms with Crippen molar-refractivity contribution >= 4 is 23.2 Å². The van der Waals surface area contributed by atoms with Crippen molar-refractivity contribution in [2.45, 2.75) is 19.5 Å². The number of nitrogens with zero attached hydrogens (tertiary/aromatic N) is 2. The molecule has 0 fully saturated rings. The van der Waals surface area contributed by atoms with Gasteiger partial charge in [-0.2, -0.15) is 4.98 Å². The molecule has 1 N–H and O–H groups in total. The quantitative estimate of drug-likeness (QED) is 0.928. The molecule has 1 aromatic carbocycles. The molecule has 0 saturated heterocycles. The summed E-state index contributed by atoms with van der Waals surface area (Å²) >= 11 is 11.8. The summed E-state index contributed by atoms with van der Waals surface area (Å²) in [6.07, 6.45) is 1.31. The zero-order valence-corrected chi connectivity index (χ0v) is 10.7. The minimum atomic E-state index is 0.128. The van der Waals surface area contributed by atoms with Crippen LogP contribution in [0.4, 0.5) is 0 Å². The second-order valence-corrected chi connectivity index (χ2v) is 4.44. The van der Waals surface area contributed by atoms with E-state index in [0.717, 1.165) is 5.56 Å². The first-order valence-electron chi connectivity index (χ1n) is 5.10. The highest BCUT2D eigenvalue weighted by Crippen LogP contribution is 2.25. The summed E-state index contributed by atoms with van der Waals surface area (Å²) in [5.74, 6) is 0.622. The van der Waals surface area contributed by atoms with Crippen molar-refractivity contribution in [2.24, 2.45) is 0 Å². The van der Waals surface area contributed by atoms with Crippen LogP contribution < -0.4 is 5.32 Å². The molecule has 1 atom stereocenters. The SMILES string of the molecule is CC(NCc1ncon1)c1ccc(Cl)c(Cl)c1. The van der Waals surface area contributed by atoms with Gasteiger partial charge in [-0.1, -0.05) is 34.4 Å². The average Bonchev–Trinajstić information content (AvgIpc) is 2.82. The number of benzene rings is 1. The van der Waals surface area contributed by atoms with Crippen LogP contribution in [-0.2, 0) is 6.54 Å². The molecule has 6 heteroatoms. The normalized spacial score (nSPS) is 12.6. The molecule has 0 aliphatic heterocycles. The van der Waals surface area contributed by atoms with Crippen LogP contribution in [0.5, 0.6) is 0 Å². The Kier molecular flexibility index (Phi) is 3.99. The van der Waals surface area contributed by atoms with E-state index < -0.39 is 0 Å². The summed E-state index contributed by atoms with van der Waals surface area (Å²) in [6.45, 7) is 2.57. The molecule has 90 valence electrons. The Labute approximate surface area is 109 Å². The van der Waals surface area contributed by atoms with E-state index in [4.69, 9.17) is 23.2 Å². The summed E-state index contributed by atoms with van der Waals surface area (Å²) in [6, 6.07) is 5.69. The van der Waals surface area contributed by atoms with Gasteiger partial charge in [0.15, 0.2) is 5.82 Å². The smallest absolute Gasteiger partial charge is 0.213 e. The molecule has 0 aliphatic carbocycles. The van der Waals surface area contributed by atoms with E-state index in [2.05, 4.69) is 20.0 Å². The van der Waals surface area contributed by atoms with Gasteiger partial charge in [0.05, 0.1) is 16.6 Å². The first-order valence-corrected chi connectivity index (χ1v) is 5.86. The van der Waals surface area contributed by atoms with E-state index in [1.54, 1.807) is 6.07 Å². The van der Waals surface area contributed by atoms with Crippen LogP contribution in [0, 0.1) is 0 Å². The summed E-state index contributed by atoms with van der Waals surface area (Å²) in [7, 11) is 0. The van der Waals surface area contributed by atoms with E-state index in [-0.39, 0.29) is 6.04 Å². The van der Waals surface area contributed by atoms with E-state index in [9.17, 15) is 0 Å². The van der Waals surface area contributed by atoms with Gasteiger partial charge in [-0.3, -0.25) is 0 Å². The first-order chi connectivity index (χ1) is 8.16. The van der Waals surface area contributed by atoms with Crippen molar-refractivity contribution in [1.82, 2.24) is 15.5 Å². The third kappa shape index (κ3) is 3.19. The molecular weight excluding hydrogens is 261 g/mol. The van der Waals surface area contributed by atoms with Crippen LogP contribution in [-0.4, -0.2) is 10.1 Å². The monoisotopic (exact) mass is 271 g/mol. The number of halogens is 2. The van der Waals surface area contributed by atoms with E-state index >= 15 is 0 Å². The van der Waals surface area contributed by atoms with Crippen molar-refractivity contribution in [3.8, 4) is 0 Å². The number of nitrogens with one attached hydrogen (secondary N) is 1. The third-order valence-electron chi connectivity index (χ3n) is 2.42. The molecule has 1 aromatic heterocycles. The van der Waals surface area contributed by atoms with Gasteiger partial charge in [0.25, 0.3) is 0 Å². The highest BCUT2D eigenvalue weighted by molar-refractivity contribution is 6.42. The number of hydrogen-bond acceptors (Lipinski definition) is 4. The molecule has 0 spiro atoms. The fourth-order valence-corrected chi connectivity index (χ4v) is 1.72. The van der Waals surface area contributed by atoms with Crippen molar-refractivity contribution in [3.05, 3.63) is 46.0 Å². The van der Waals surface area contributed by atoms with Crippen molar-refractivity contribution in [2.75, 3.05) is 0 Å². The maximum atomic E-state index is 5.96. The maximum absolute atomic E-state index is 5.96. The van der Waals surface area contributed by atoms with Gasteiger partial charge >= 0.3 is 0 Å². The molecule has 17 heavy (non-hydrogen) atoms. The van der Waals surface area contributed by atoms with E-state index in [1.807, 2.05) is 19.1 Å². The molecule has 4 nitrogen and oxygen atoms in total. The lowest BCUT2D eigenvalue weighted by molar-refractivity contribution is 0.405. The van der Waals surface area contributed by atoms with Crippen LogP contribution in [0.3, 0.4) is 0 Å². The van der Waals surface area contributed by atoms with Crippen molar-refractivity contribution < 1.29 is 4.52 Å². The van der Waals surface area contributed by atoms with Crippen molar-refractivity contribution in [1.29, 1.82) is 0 Å². The first kappa shape index (κ1) is 12.4. The Hall–Kier alpha value is -1.10. The molecule has 0 amide bonds. The standard InChI is InChI=1S/C11H11Cl2N3O/c1-7(14-5-11-15-6-17-16-11)8-2-3-9(12)10(13)4-8/h2-4,6-7,14H,5H2,1H3. The Morgan fingerprint density at radius 1 is 1.35 bits per heavy atom. The summed E-state index contributed by atoms with van der Waals surface area (Å²) in [4.78, 5) is 3.93. The van der Waals surface area contributed by atoms with Crippen LogP contribution >= 0.6 is 23.2 Å². The fraction of sp³-hybridized carbons (Fsp3) is 0.273. The van der Waals surface area contributed by atoms with E-state index in [0.29, 0.717) is 22.4 Å². The molecule has 1 heterocycles. The second-order valence-electron chi connectivity index (χ2n) is 3.62. The van der Waals surface area contributed by atoms with Gasteiger partial charge in [0, 0.05) is 6.04 Å². The Morgan fingerprint density at radius 3 is 2.82 bits per heavy atom. The lowest BCUT2D eigenvalue weighted by Crippen LogP contribution is -2.18. The fourth-order valence-electron chi connectivity index (χ4n) is 1.41. The van der Waals surface area contributed by atoms with Crippen LogP contribution in [0.1, 0.15) is 24.4 Å². The average molecular weight is 272 g/mol. The Morgan fingerprint density at radius 2 is 2.18 bits per heavy atom. The van der Waals surface area contributed by atoms with Gasteiger partial charge in [0.2, 0.25) is 6.39 Å². The molecule has 2 rings (SSSR count). The lowest BCUT2D eigenvalue weighted by Gasteiger charge is -2.13. The minimum absolute atomic E-state index is 0.128. The van der Waals surface area contributed by atoms with Gasteiger partial charge in [-0.15, -0.1) is 0 Å². The third-order valence-corrected chi connectivity index (χ3v) is 3.16. The zero-order chi connectivity index (χ0) is 12.3. The number of rotatable bonds is 4. The predicted molar refractivity (Wildman–Crippen MR) is 66.0 cm³/mol. The number of aromatic nitrogens is 2. The highest BCUT2D eigenvalue weighted by atomic mass is 35.5. The molecule has 2 aromatic rings. The van der Waals surface area contributed by atoms with Gasteiger partial charge < -0.3 is 9.84 Å². The van der Waals surface area contributed by atoms with Gasteiger partial charge in [-0.25, -0.2) is 0 Å². The minimum Gasteiger partial charge on any atom is -0.343 e. The highest BCUT2D eigenvalue weighted by Gasteiger charge is 2.08. The molecule has 1 unspecified atom stereocenters. The van der Waals surface area contributed by atoms with Crippen LogP contribution in [0.25, 0.3) is 0 Å². The second kappa shape index (κ2) is 5.49. The van der Waals surface area contributed by atoms with E-state index in [1.165, 1.54) is 6.39 Å². The van der Waals surface area contributed by atoms with Crippen LogP contribution in [0.2, 0.25) is 10.0 Å². The lowest BCUT2D eigenvalue weighted by atomic mass is 10.1. The molecule has 0 radical (unpaired) electrons. The predicted octanol–water partition coefficient (Wildman–Crippen LogP) is 3.23. The Bertz CT molecular complexity index is 487. The molecule has 0 saturated carbocycles.